The molecule has 3 heteroatoms. The lowest BCUT2D eigenvalue weighted by molar-refractivity contribution is 0.184. The summed E-state index contributed by atoms with van der Waals surface area (Å²) in [7, 11) is -0.349. The molecule has 3 rings (SSSR count). The van der Waals surface area contributed by atoms with Gasteiger partial charge in [-0.1, -0.05) is 88.9 Å². The molecule has 1 aromatic carbocycles. The van der Waals surface area contributed by atoms with Crippen molar-refractivity contribution < 1.29 is 9.13 Å². The molecule has 0 amide bonds. The van der Waals surface area contributed by atoms with Crippen LogP contribution in [0, 0.1) is 23.6 Å². The van der Waals surface area contributed by atoms with Crippen LogP contribution >= 0.6 is 0 Å². The monoisotopic (exact) mass is 446 g/mol. The fourth-order valence-electron chi connectivity index (χ4n) is 6.31. The molecule has 176 valence electrons. The minimum absolute atomic E-state index is 0.213. The topological polar surface area (TPSA) is 9.23 Å². The van der Waals surface area contributed by atoms with Gasteiger partial charge in [0.25, 0.3) is 0 Å². The zero-order chi connectivity index (χ0) is 21.9. The van der Waals surface area contributed by atoms with Crippen molar-refractivity contribution >= 4 is 8.80 Å². The first kappa shape index (κ1) is 24.8. The molecule has 1 aliphatic carbocycles. The predicted molar refractivity (Wildman–Crippen MR) is 134 cm³/mol. The fraction of sp³-hybridized carbons (Fsp3) is 0.786. The van der Waals surface area contributed by atoms with Crippen LogP contribution in [-0.4, -0.2) is 15.4 Å². The highest BCUT2D eigenvalue weighted by atomic mass is 28.3. The van der Waals surface area contributed by atoms with E-state index in [0.29, 0.717) is 12.4 Å². The Balaban J connectivity index is 1.27. The minimum Gasteiger partial charge on any atom is -0.491 e. The summed E-state index contributed by atoms with van der Waals surface area (Å²) in [5, 5.41) is 0. The second-order valence-electron chi connectivity index (χ2n) is 10.5. The summed E-state index contributed by atoms with van der Waals surface area (Å²) >= 11 is 0. The van der Waals surface area contributed by atoms with Gasteiger partial charge in [0.15, 0.2) is 11.6 Å². The summed E-state index contributed by atoms with van der Waals surface area (Å²) in [6.07, 6.45) is 18.3. The summed E-state index contributed by atoms with van der Waals surface area (Å²) in [5.41, 5.74) is 1.11. The molecule has 1 nitrogen and oxygen atoms in total. The van der Waals surface area contributed by atoms with E-state index in [-0.39, 0.29) is 14.6 Å². The highest BCUT2D eigenvalue weighted by molar-refractivity contribution is 6.58. The molecule has 31 heavy (non-hydrogen) atoms. The lowest BCUT2D eigenvalue weighted by Gasteiger charge is -2.37. The Kier molecular flexibility index (Phi) is 10.9. The summed E-state index contributed by atoms with van der Waals surface area (Å²) in [4.78, 5) is 0. The van der Waals surface area contributed by atoms with Crippen molar-refractivity contribution in [1.29, 1.82) is 0 Å². The summed E-state index contributed by atoms with van der Waals surface area (Å²) in [6, 6.07) is 10.4. The third kappa shape index (κ3) is 8.22. The molecule has 0 unspecified atom stereocenters. The molecule has 0 radical (unpaired) electrons. The molecule has 2 aliphatic rings. The van der Waals surface area contributed by atoms with Gasteiger partial charge in [0.1, 0.15) is 0 Å². The number of halogens is 1. The smallest absolute Gasteiger partial charge is 0.165 e. The predicted octanol–water partition coefficient (Wildman–Crippen LogP) is 8.57. The van der Waals surface area contributed by atoms with Crippen LogP contribution in [0.2, 0.25) is 18.1 Å². The fourth-order valence-corrected chi connectivity index (χ4v) is 9.85. The maximum Gasteiger partial charge on any atom is 0.165 e. The van der Waals surface area contributed by atoms with Crippen molar-refractivity contribution in [3.05, 3.63) is 29.6 Å². The van der Waals surface area contributed by atoms with Crippen molar-refractivity contribution in [1.82, 2.24) is 0 Å². The van der Waals surface area contributed by atoms with Gasteiger partial charge in [-0.3, -0.25) is 0 Å². The van der Waals surface area contributed by atoms with Crippen molar-refractivity contribution in [2.24, 2.45) is 17.8 Å². The largest absolute Gasteiger partial charge is 0.491 e. The van der Waals surface area contributed by atoms with Crippen molar-refractivity contribution in [2.45, 2.75) is 115 Å². The first-order valence-corrected chi connectivity index (χ1v) is 16.1. The lowest BCUT2D eigenvalue weighted by Crippen LogP contribution is -2.28. The number of rotatable bonds is 12. The van der Waals surface area contributed by atoms with Crippen LogP contribution in [0.5, 0.6) is 5.75 Å². The van der Waals surface area contributed by atoms with Gasteiger partial charge in [0.05, 0.1) is 6.61 Å². The van der Waals surface area contributed by atoms with E-state index in [1.165, 1.54) is 64.2 Å². The van der Waals surface area contributed by atoms with E-state index >= 15 is 0 Å². The number of ether oxygens (including phenoxy) is 1. The molecule has 1 saturated carbocycles. The van der Waals surface area contributed by atoms with Crippen LogP contribution in [0.15, 0.2) is 18.2 Å². The van der Waals surface area contributed by atoms with Gasteiger partial charge in [-0.2, -0.15) is 0 Å². The molecule has 0 atom stereocenters. The van der Waals surface area contributed by atoms with Gasteiger partial charge in [-0.05, 0) is 68.1 Å². The van der Waals surface area contributed by atoms with Gasteiger partial charge in [0.2, 0.25) is 0 Å². The number of hydrogen-bond acceptors (Lipinski definition) is 1. The zero-order valence-electron chi connectivity index (χ0n) is 20.3. The Hall–Kier alpha value is -0.833. The molecule has 0 aromatic heterocycles. The third-order valence-corrected chi connectivity index (χ3v) is 11.8. The standard InChI is InChI=1S/C28H47FOSi/c1-3-5-8-19-31-20-17-26(18-21-31)25-14-11-23(12-15-25)9-6-7-10-24-13-16-28(30-4-2)27(29)22-24/h13,16,22-23,25-26,31H,3-12,14-15,17-21H2,1-2H3. The van der Waals surface area contributed by atoms with Crippen LogP contribution in [0.3, 0.4) is 0 Å². The van der Waals surface area contributed by atoms with Crippen LogP contribution in [-0.2, 0) is 6.42 Å². The Bertz CT molecular complexity index is 617. The average Bonchev–Trinajstić information content (AvgIpc) is 2.80. The first-order chi connectivity index (χ1) is 15.2. The Morgan fingerprint density at radius 3 is 2.32 bits per heavy atom. The van der Waals surface area contributed by atoms with E-state index in [0.717, 1.165) is 29.7 Å². The first-order valence-electron chi connectivity index (χ1n) is 13.6. The number of benzene rings is 1. The summed E-state index contributed by atoms with van der Waals surface area (Å²) in [6.45, 7) is 4.74. The molecule has 1 saturated heterocycles. The van der Waals surface area contributed by atoms with Crippen molar-refractivity contribution in [2.75, 3.05) is 6.61 Å². The highest BCUT2D eigenvalue weighted by Gasteiger charge is 2.30. The number of aryl methyl sites for hydroxylation is 1. The van der Waals surface area contributed by atoms with Crippen molar-refractivity contribution in [3.63, 3.8) is 0 Å². The van der Waals surface area contributed by atoms with Gasteiger partial charge < -0.3 is 4.74 Å². The van der Waals surface area contributed by atoms with E-state index in [1.54, 1.807) is 43.1 Å². The maximum atomic E-state index is 14.0. The molecule has 0 N–H and O–H groups in total. The number of hydrogen-bond donors (Lipinski definition) is 0. The van der Waals surface area contributed by atoms with E-state index in [1.807, 2.05) is 13.0 Å². The van der Waals surface area contributed by atoms with Crippen molar-refractivity contribution in [3.8, 4) is 5.75 Å². The summed E-state index contributed by atoms with van der Waals surface area (Å²) in [5.74, 6) is 3.25. The highest BCUT2D eigenvalue weighted by Crippen LogP contribution is 2.42. The van der Waals surface area contributed by atoms with E-state index in [4.69, 9.17) is 4.74 Å². The quantitative estimate of drug-likeness (QED) is 0.231. The molecule has 2 fully saturated rings. The normalized spacial score (nSPS) is 26.7. The Morgan fingerprint density at radius 2 is 1.65 bits per heavy atom. The minimum atomic E-state index is -0.349. The summed E-state index contributed by atoms with van der Waals surface area (Å²) < 4.78 is 19.3. The van der Waals surface area contributed by atoms with Crippen LogP contribution in [0.1, 0.15) is 96.5 Å². The van der Waals surface area contributed by atoms with E-state index < -0.39 is 0 Å². The maximum absolute atomic E-state index is 14.0. The Morgan fingerprint density at radius 1 is 0.903 bits per heavy atom. The number of unbranched alkanes of at least 4 members (excludes halogenated alkanes) is 3. The van der Waals surface area contributed by atoms with Crippen LogP contribution in [0.4, 0.5) is 4.39 Å². The molecule has 1 aliphatic heterocycles. The average molecular weight is 447 g/mol. The second-order valence-corrected chi connectivity index (χ2v) is 14.0. The molecule has 0 bridgehead atoms. The second kappa shape index (κ2) is 13.7. The molecule has 0 spiro atoms. The molecular formula is C28H47FOSi. The van der Waals surface area contributed by atoms with Gasteiger partial charge in [-0.25, -0.2) is 4.39 Å². The Labute approximate surface area is 193 Å². The van der Waals surface area contributed by atoms with Gasteiger partial charge in [-0.15, -0.1) is 0 Å². The van der Waals surface area contributed by atoms with E-state index in [9.17, 15) is 4.39 Å². The molecular weight excluding hydrogens is 399 g/mol. The van der Waals surface area contributed by atoms with Crippen LogP contribution in [0.25, 0.3) is 0 Å². The van der Waals surface area contributed by atoms with Gasteiger partial charge >= 0.3 is 0 Å². The third-order valence-electron chi connectivity index (χ3n) is 8.29. The van der Waals surface area contributed by atoms with Gasteiger partial charge in [0, 0.05) is 8.80 Å². The SMILES string of the molecule is CCCCC[SiH]1CCC(C2CCC(CCCCc3ccc(OCC)c(F)c3)CC2)CC1. The zero-order valence-corrected chi connectivity index (χ0v) is 21.5. The lowest BCUT2D eigenvalue weighted by atomic mass is 9.73. The molecule has 1 aromatic rings. The molecule has 1 heterocycles. The van der Waals surface area contributed by atoms with E-state index in [2.05, 4.69) is 6.92 Å². The van der Waals surface area contributed by atoms with Crippen LogP contribution < -0.4 is 4.74 Å².